The van der Waals surface area contributed by atoms with Gasteiger partial charge in [0.1, 0.15) is 5.75 Å². The number of hydrogen-bond donors (Lipinski definition) is 2. The quantitative estimate of drug-likeness (QED) is 0.193. The van der Waals surface area contributed by atoms with Crippen LogP contribution in [0.2, 0.25) is 0 Å². The first kappa shape index (κ1) is 27.8. The van der Waals surface area contributed by atoms with Gasteiger partial charge in [0.25, 0.3) is 0 Å². The number of halogens is 4. The molecule has 0 fully saturated rings. The summed E-state index contributed by atoms with van der Waals surface area (Å²) in [7, 11) is 2.13. The van der Waals surface area contributed by atoms with E-state index in [1.807, 2.05) is 6.92 Å². The highest BCUT2D eigenvalue weighted by molar-refractivity contribution is 14.0. The third-order valence-corrected chi connectivity index (χ3v) is 4.20. The van der Waals surface area contributed by atoms with E-state index in [2.05, 4.69) is 41.4 Å². The van der Waals surface area contributed by atoms with Crippen LogP contribution in [0.1, 0.15) is 39.2 Å². The first-order valence-electron chi connectivity index (χ1n) is 9.72. The van der Waals surface area contributed by atoms with Gasteiger partial charge in [-0.05, 0) is 64.9 Å². The standard InChI is InChI=1S/C20H33F3N4O.HI/c1-5-24-19(25-12-6-7-13-27(4)16(2)3)26-14-17-8-10-18(11-9-17)28-15-20(21,22)23;/h8-11,16H,5-7,12-15H2,1-4H3,(H2,24,25,26);1H. The summed E-state index contributed by atoms with van der Waals surface area (Å²) in [5.41, 5.74) is 0.898. The van der Waals surface area contributed by atoms with Crippen LogP contribution in [0.25, 0.3) is 0 Å². The van der Waals surface area contributed by atoms with Gasteiger partial charge in [0, 0.05) is 19.1 Å². The Morgan fingerprint density at radius 1 is 1.14 bits per heavy atom. The van der Waals surface area contributed by atoms with Crippen molar-refractivity contribution in [3.05, 3.63) is 29.8 Å². The average Bonchev–Trinajstić information content (AvgIpc) is 2.64. The molecule has 0 saturated carbocycles. The number of rotatable bonds is 11. The van der Waals surface area contributed by atoms with Gasteiger partial charge in [0.15, 0.2) is 12.6 Å². The highest BCUT2D eigenvalue weighted by Gasteiger charge is 2.28. The molecule has 1 rings (SSSR count). The fraction of sp³-hybridized carbons (Fsp3) is 0.650. The minimum absolute atomic E-state index is 0. The van der Waals surface area contributed by atoms with E-state index in [1.165, 1.54) is 12.1 Å². The van der Waals surface area contributed by atoms with Crippen molar-refractivity contribution >= 4 is 29.9 Å². The van der Waals surface area contributed by atoms with Crippen LogP contribution in [0.3, 0.4) is 0 Å². The van der Waals surface area contributed by atoms with Crippen molar-refractivity contribution in [2.24, 2.45) is 4.99 Å². The van der Waals surface area contributed by atoms with Gasteiger partial charge in [-0.2, -0.15) is 13.2 Å². The maximum atomic E-state index is 12.2. The van der Waals surface area contributed by atoms with Gasteiger partial charge in [-0.25, -0.2) is 4.99 Å². The van der Waals surface area contributed by atoms with Gasteiger partial charge in [0.05, 0.1) is 6.54 Å². The summed E-state index contributed by atoms with van der Waals surface area (Å²) in [6, 6.07) is 7.06. The number of nitrogens with one attached hydrogen (secondary N) is 2. The lowest BCUT2D eigenvalue weighted by Crippen LogP contribution is -2.38. The van der Waals surface area contributed by atoms with E-state index >= 15 is 0 Å². The predicted octanol–water partition coefficient (Wildman–Crippen LogP) is 4.42. The van der Waals surface area contributed by atoms with Crippen LogP contribution in [0.4, 0.5) is 13.2 Å². The molecule has 0 saturated heterocycles. The summed E-state index contributed by atoms with van der Waals surface area (Å²) < 4.78 is 41.2. The summed E-state index contributed by atoms with van der Waals surface area (Å²) in [6.45, 7) is 8.18. The SMILES string of the molecule is CCNC(=NCc1ccc(OCC(F)(F)F)cc1)NCCCCN(C)C(C)C.I. The van der Waals surface area contributed by atoms with Crippen LogP contribution >= 0.6 is 24.0 Å². The second-order valence-corrected chi connectivity index (χ2v) is 6.95. The van der Waals surface area contributed by atoms with Crippen LogP contribution in [0.5, 0.6) is 5.75 Å². The monoisotopic (exact) mass is 530 g/mol. The first-order chi connectivity index (χ1) is 13.2. The summed E-state index contributed by atoms with van der Waals surface area (Å²) in [4.78, 5) is 6.84. The maximum absolute atomic E-state index is 12.2. The Balaban J connectivity index is 0.00000784. The molecule has 0 spiro atoms. The molecule has 0 bridgehead atoms. The normalized spacial score (nSPS) is 12.1. The van der Waals surface area contributed by atoms with Crippen LogP contribution in [-0.2, 0) is 6.54 Å². The minimum atomic E-state index is -4.33. The zero-order valence-electron chi connectivity index (χ0n) is 17.7. The van der Waals surface area contributed by atoms with E-state index in [1.54, 1.807) is 12.1 Å². The lowest BCUT2D eigenvalue weighted by Gasteiger charge is -2.20. The molecule has 0 aliphatic carbocycles. The van der Waals surface area contributed by atoms with Crippen LogP contribution < -0.4 is 15.4 Å². The second kappa shape index (κ2) is 14.7. The largest absolute Gasteiger partial charge is 0.484 e. The second-order valence-electron chi connectivity index (χ2n) is 6.95. The van der Waals surface area contributed by atoms with Gasteiger partial charge in [-0.15, -0.1) is 24.0 Å². The summed E-state index contributed by atoms with van der Waals surface area (Å²) in [6.07, 6.45) is -2.17. The number of ether oxygens (including phenoxy) is 1. The van der Waals surface area contributed by atoms with Crippen molar-refractivity contribution in [2.75, 3.05) is 33.3 Å². The van der Waals surface area contributed by atoms with Crippen LogP contribution in [-0.4, -0.2) is 56.4 Å². The number of hydrogen-bond acceptors (Lipinski definition) is 3. The van der Waals surface area contributed by atoms with Crippen molar-refractivity contribution in [3.63, 3.8) is 0 Å². The van der Waals surface area contributed by atoms with Crippen LogP contribution in [0, 0.1) is 0 Å². The molecule has 9 heteroatoms. The van der Waals surface area contributed by atoms with Gasteiger partial charge in [-0.1, -0.05) is 12.1 Å². The molecular weight excluding hydrogens is 496 g/mol. The third-order valence-electron chi connectivity index (χ3n) is 4.20. The van der Waals surface area contributed by atoms with Crippen molar-refractivity contribution in [3.8, 4) is 5.75 Å². The van der Waals surface area contributed by atoms with Crippen molar-refractivity contribution < 1.29 is 17.9 Å². The van der Waals surface area contributed by atoms with Gasteiger partial charge in [-0.3, -0.25) is 0 Å². The molecule has 0 radical (unpaired) electrons. The Hall–Kier alpha value is -1.23. The van der Waals surface area contributed by atoms with E-state index in [0.717, 1.165) is 44.0 Å². The van der Waals surface area contributed by atoms with Crippen LogP contribution in [0.15, 0.2) is 29.3 Å². The molecule has 0 atom stereocenters. The average molecular weight is 530 g/mol. The Labute approximate surface area is 189 Å². The lowest BCUT2D eigenvalue weighted by molar-refractivity contribution is -0.153. The summed E-state index contributed by atoms with van der Waals surface area (Å²) in [5, 5.41) is 6.51. The van der Waals surface area contributed by atoms with E-state index in [-0.39, 0.29) is 29.7 Å². The van der Waals surface area contributed by atoms with E-state index in [9.17, 15) is 13.2 Å². The zero-order valence-corrected chi connectivity index (χ0v) is 20.0. The molecule has 0 amide bonds. The van der Waals surface area contributed by atoms with Crippen molar-refractivity contribution in [1.82, 2.24) is 15.5 Å². The fourth-order valence-electron chi connectivity index (χ4n) is 2.32. The number of alkyl halides is 3. The van der Waals surface area contributed by atoms with Crippen molar-refractivity contribution in [1.29, 1.82) is 0 Å². The molecule has 29 heavy (non-hydrogen) atoms. The van der Waals surface area contributed by atoms with E-state index < -0.39 is 12.8 Å². The lowest BCUT2D eigenvalue weighted by atomic mass is 10.2. The molecule has 1 aromatic carbocycles. The highest BCUT2D eigenvalue weighted by Crippen LogP contribution is 2.19. The van der Waals surface area contributed by atoms with E-state index in [0.29, 0.717) is 12.6 Å². The number of unbranched alkanes of at least 4 members (excludes halogenated alkanes) is 1. The third kappa shape index (κ3) is 13.6. The number of benzene rings is 1. The number of nitrogens with zero attached hydrogens (tertiary/aromatic N) is 2. The molecule has 5 nitrogen and oxygen atoms in total. The van der Waals surface area contributed by atoms with E-state index in [4.69, 9.17) is 4.74 Å². The fourth-order valence-corrected chi connectivity index (χ4v) is 2.32. The Bertz CT molecular complexity index is 580. The first-order valence-corrected chi connectivity index (χ1v) is 9.72. The Morgan fingerprint density at radius 3 is 2.34 bits per heavy atom. The summed E-state index contributed by atoms with van der Waals surface area (Å²) >= 11 is 0. The molecule has 0 unspecified atom stereocenters. The molecular formula is C20H34F3IN4O. The smallest absolute Gasteiger partial charge is 0.422 e. The topological polar surface area (TPSA) is 48.9 Å². The number of guanidine groups is 1. The maximum Gasteiger partial charge on any atom is 0.422 e. The van der Waals surface area contributed by atoms with Gasteiger partial charge >= 0.3 is 6.18 Å². The zero-order chi connectivity index (χ0) is 21.0. The Morgan fingerprint density at radius 2 is 1.79 bits per heavy atom. The van der Waals surface area contributed by atoms with Gasteiger partial charge < -0.3 is 20.3 Å². The molecule has 0 aliphatic heterocycles. The number of aliphatic imine (C=N–C) groups is 1. The molecule has 1 aromatic rings. The Kier molecular flexibility index (Phi) is 14.1. The molecule has 2 N–H and O–H groups in total. The molecule has 0 heterocycles. The predicted molar refractivity (Wildman–Crippen MR) is 123 cm³/mol. The molecule has 0 aliphatic rings. The highest BCUT2D eigenvalue weighted by atomic mass is 127. The molecule has 0 aromatic heterocycles. The summed E-state index contributed by atoms with van der Waals surface area (Å²) in [5.74, 6) is 0.929. The minimum Gasteiger partial charge on any atom is -0.484 e. The van der Waals surface area contributed by atoms with Gasteiger partial charge in [0.2, 0.25) is 0 Å². The van der Waals surface area contributed by atoms with Crippen molar-refractivity contribution in [2.45, 2.75) is 52.4 Å². The molecule has 168 valence electrons.